The first kappa shape index (κ1) is 28.6. The molecule has 2 aromatic carbocycles. The average Bonchev–Trinajstić information content (AvgIpc) is 3.39. The monoisotopic (exact) mass is 551 g/mol. The number of hydrogen-bond donors (Lipinski definition) is 0. The maximum Gasteiger partial charge on any atom is 0.151 e. The Bertz CT molecular complexity index is 1160. The highest BCUT2D eigenvalue weighted by atomic mass is 16.7. The molecule has 0 spiro atoms. The highest BCUT2D eigenvalue weighted by Gasteiger charge is 2.41. The van der Waals surface area contributed by atoms with Crippen molar-refractivity contribution in [2.24, 2.45) is 11.1 Å². The van der Waals surface area contributed by atoms with Gasteiger partial charge in [0.1, 0.15) is 30.6 Å². The fraction of sp³-hybridized carbons (Fsp3) is 0.516. The van der Waals surface area contributed by atoms with E-state index in [-0.39, 0.29) is 18.8 Å². The van der Waals surface area contributed by atoms with E-state index in [1.165, 1.54) is 11.1 Å². The third-order valence-corrected chi connectivity index (χ3v) is 7.61. The van der Waals surface area contributed by atoms with Crippen molar-refractivity contribution >= 4 is 11.8 Å². The van der Waals surface area contributed by atoms with Crippen LogP contribution < -0.4 is 9.47 Å². The van der Waals surface area contributed by atoms with Gasteiger partial charge in [-0.2, -0.15) is 0 Å². The first-order valence-corrected chi connectivity index (χ1v) is 14.0. The van der Waals surface area contributed by atoms with Crippen molar-refractivity contribution in [3.63, 3.8) is 0 Å². The maximum absolute atomic E-state index is 6.21. The molecule has 2 unspecified atom stereocenters. The van der Waals surface area contributed by atoms with Crippen LogP contribution in [-0.4, -0.2) is 102 Å². The van der Waals surface area contributed by atoms with Crippen LogP contribution in [-0.2, 0) is 25.7 Å². The standard InChI is InChI=1S/C31H41N3O6/c1-23(15-24-7-5-4-6-8-24)18-33-9-11-34(12-10-33)19-30-27-21-39-29-16-25(20-38-22-37-14-13-35-2)28(36-3)17-26(29)31(27)32-40-30/h4-8,15-17,27,30H,9-14,18-22H2,1-3H3/b23-15+. The minimum absolute atomic E-state index is 0.0207. The molecule has 9 nitrogen and oxygen atoms in total. The fourth-order valence-electron chi connectivity index (χ4n) is 5.47. The Morgan fingerprint density at radius 1 is 1.02 bits per heavy atom. The molecule has 9 heteroatoms. The summed E-state index contributed by atoms with van der Waals surface area (Å²) in [5.74, 6) is 1.62. The second-order valence-electron chi connectivity index (χ2n) is 10.5. The summed E-state index contributed by atoms with van der Waals surface area (Å²) in [5, 5.41) is 4.52. The third-order valence-electron chi connectivity index (χ3n) is 7.61. The molecular weight excluding hydrogens is 510 g/mol. The zero-order chi connectivity index (χ0) is 27.7. The van der Waals surface area contributed by atoms with E-state index >= 15 is 0 Å². The van der Waals surface area contributed by atoms with E-state index < -0.39 is 0 Å². The number of methoxy groups -OCH3 is 2. The van der Waals surface area contributed by atoms with E-state index in [1.54, 1.807) is 14.2 Å². The van der Waals surface area contributed by atoms with Crippen LogP contribution in [0.2, 0.25) is 0 Å². The van der Waals surface area contributed by atoms with E-state index in [1.807, 2.05) is 12.1 Å². The van der Waals surface area contributed by atoms with Gasteiger partial charge in [-0.15, -0.1) is 0 Å². The topological polar surface area (TPSA) is 74.2 Å². The molecule has 3 heterocycles. The minimum Gasteiger partial charge on any atom is -0.496 e. The number of benzene rings is 2. The number of hydrogen-bond acceptors (Lipinski definition) is 9. The highest BCUT2D eigenvalue weighted by molar-refractivity contribution is 6.06. The number of nitrogens with zero attached hydrogens (tertiary/aromatic N) is 3. The van der Waals surface area contributed by atoms with Crippen LogP contribution in [0.4, 0.5) is 0 Å². The summed E-state index contributed by atoms with van der Waals surface area (Å²) >= 11 is 0. The van der Waals surface area contributed by atoms with Crippen molar-refractivity contribution in [3.05, 3.63) is 64.7 Å². The summed E-state index contributed by atoms with van der Waals surface area (Å²) in [6, 6.07) is 14.5. The Kier molecular flexibility index (Phi) is 10.1. The minimum atomic E-state index is -0.0207. The molecule has 216 valence electrons. The van der Waals surface area contributed by atoms with Gasteiger partial charge in [0.2, 0.25) is 0 Å². The normalized spacial score (nSPS) is 21.3. The molecule has 2 atom stereocenters. The first-order valence-electron chi connectivity index (χ1n) is 14.0. The van der Waals surface area contributed by atoms with Gasteiger partial charge in [0.05, 0.1) is 32.8 Å². The summed E-state index contributed by atoms with van der Waals surface area (Å²) in [7, 11) is 3.30. The molecule has 0 aromatic heterocycles. The number of fused-ring (bicyclic) bond motifs is 3. The zero-order valence-corrected chi connectivity index (χ0v) is 23.8. The average molecular weight is 552 g/mol. The number of oxime groups is 1. The molecule has 0 bridgehead atoms. The molecule has 1 fully saturated rings. The number of piperazine rings is 1. The Balaban J connectivity index is 1.12. The van der Waals surface area contributed by atoms with Crippen LogP contribution >= 0.6 is 0 Å². The summed E-state index contributed by atoms with van der Waals surface area (Å²) < 4.78 is 27.9. The second kappa shape index (κ2) is 14.1. The van der Waals surface area contributed by atoms with E-state index in [4.69, 9.17) is 28.5 Å². The smallest absolute Gasteiger partial charge is 0.151 e. The van der Waals surface area contributed by atoms with Crippen molar-refractivity contribution in [2.75, 3.05) is 80.1 Å². The molecule has 0 radical (unpaired) electrons. The predicted molar refractivity (Wildman–Crippen MR) is 154 cm³/mol. The lowest BCUT2D eigenvalue weighted by molar-refractivity contribution is -0.0728. The van der Waals surface area contributed by atoms with Crippen LogP contribution in [0.25, 0.3) is 6.08 Å². The maximum atomic E-state index is 6.21. The van der Waals surface area contributed by atoms with Gasteiger partial charge in [-0.3, -0.25) is 9.80 Å². The van der Waals surface area contributed by atoms with E-state index in [9.17, 15) is 0 Å². The van der Waals surface area contributed by atoms with Crippen LogP contribution in [0.15, 0.2) is 53.2 Å². The molecule has 0 aliphatic carbocycles. The quantitative estimate of drug-likeness (QED) is 0.276. The van der Waals surface area contributed by atoms with Crippen LogP contribution in [0.5, 0.6) is 11.5 Å². The van der Waals surface area contributed by atoms with Crippen molar-refractivity contribution < 1.29 is 28.5 Å². The summed E-state index contributed by atoms with van der Waals surface area (Å²) in [6.45, 7) is 10.3. The van der Waals surface area contributed by atoms with Gasteiger partial charge in [0.15, 0.2) is 6.10 Å². The van der Waals surface area contributed by atoms with Crippen molar-refractivity contribution in [1.29, 1.82) is 0 Å². The highest BCUT2D eigenvalue weighted by Crippen LogP contribution is 2.38. The predicted octanol–water partition coefficient (Wildman–Crippen LogP) is 3.66. The Hall–Kier alpha value is -2.95. The van der Waals surface area contributed by atoms with Gasteiger partial charge >= 0.3 is 0 Å². The second-order valence-corrected chi connectivity index (χ2v) is 10.5. The summed E-state index contributed by atoms with van der Waals surface area (Å²) in [4.78, 5) is 11.0. The molecule has 5 rings (SSSR count). The van der Waals surface area contributed by atoms with Gasteiger partial charge in [0.25, 0.3) is 0 Å². The Labute approximate surface area is 237 Å². The van der Waals surface area contributed by atoms with E-state index in [0.717, 1.165) is 67.6 Å². The van der Waals surface area contributed by atoms with Crippen molar-refractivity contribution in [3.8, 4) is 11.5 Å². The molecule has 1 saturated heterocycles. The third kappa shape index (κ3) is 7.21. The molecule has 0 N–H and O–H groups in total. The van der Waals surface area contributed by atoms with Gasteiger partial charge in [-0.05, 0) is 24.6 Å². The van der Waals surface area contributed by atoms with Crippen LogP contribution in [0.3, 0.4) is 0 Å². The lowest BCUT2D eigenvalue weighted by Crippen LogP contribution is -2.50. The fourth-order valence-corrected chi connectivity index (χ4v) is 5.47. The van der Waals surface area contributed by atoms with Gasteiger partial charge in [-0.1, -0.05) is 47.1 Å². The lowest BCUT2D eigenvalue weighted by atomic mass is 9.89. The van der Waals surface area contributed by atoms with Gasteiger partial charge in [0, 0.05) is 57.5 Å². The molecule has 0 amide bonds. The van der Waals surface area contributed by atoms with Crippen LogP contribution in [0.1, 0.15) is 23.6 Å². The van der Waals surface area contributed by atoms with Crippen LogP contribution in [0, 0.1) is 5.92 Å². The molecule has 40 heavy (non-hydrogen) atoms. The molecule has 0 saturated carbocycles. The molecule has 2 aromatic rings. The van der Waals surface area contributed by atoms with Crippen molar-refractivity contribution in [1.82, 2.24) is 9.80 Å². The molecular formula is C31H41N3O6. The summed E-state index contributed by atoms with van der Waals surface area (Å²) in [5.41, 5.74) is 5.42. The van der Waals surface area contributed by atoms with Gasteiger partial charge < -0.3 is 28.5 Å². The zero-order valence-electron chi connectivity index (χ0n) is 23.8. The van der Waals surface area contributed by atoms with Gasteiger partial charge in [-0.25, -0.2) is 0 Å². The summed E-state index contributed by atoms with van der Waals surface area (Å²) in [6.07, 6.45) is 2.26. The number of rotatable bonds is 13. The number of ether oxygens (including phenoxy) is 5. The molecule has 3 aliphatic heterocycles. The van der Waals surface area contributed by atoms with E-state index in [2.05, 4.69) is 58.3 Å². The van der Waals surface area contributed by atoms with Crippen molar-refractivity contribution in [2.45, 2.75) is 19.6 Å². The largest absolute Gasteiger partial charge is 0.496 e. The van der Waals surface area contributed by atoms with E-state index in [0.29, 0.717) is 26.4 Å². The SMILES string of the molecule is COCCOCOCc1cc2c(cc1OC)C1=NOC(CN3CCN(C/C(C)=C/c4ccccc4)CC3)C1CO2. The Morgan fingerprint density at radius 2 is 1.82 bits per heavy atom. The molecule has 3 aliphatic rings. The Morgan fingerprint density at radius 3 is 2.60 bits per heavy atom. The first-order chi connectivity index (χ1) is 19.6. The lowest BCUT2D eigenvalue weighted by Gasteiger charge is -2.36.